The van der Waals surface area contributed by atoms with Crippen LogP contribution >= 0.6 is 0 Å². The van der Waals surface area contributed by atoms with Gasteiger partial charge in [-0.1, -0.05) is 27.7 Å². The Hall–Kier alpha value is -1.47. The van der Waals surface area contributed by atoms with Gasteiger partial charge in [-0.3, -0.25) is 14.4 Å². The van der Waals surface area contributed by atoms with Gasteiger partial charge < -0.3 is 10.5 Å². The molecular weight excluding hydrogens is 324 g/mol. The summed E-state index contributed by atoms with van der Waals surface area (Å²) in [6.45, 7) is 12.6. The molecule has 0 heterocycles. The predicted molar refractivity (Wildman–Crippen MR) is 95.3 cm³/mol. The molecule has 0 aromatic heterocycles. The number of carbonyl (C=O) groups is 3. The summed E-state index contributed by atoms with van der Waals surface area (Å²) in [5, 5.41) is 0. The smallest absolute Gasteiger partial charge is 0.333 e. The van der Waals surface area contributed by atoms with Gasteiger partial charge in [0, 0.05) is 12.3 Å². The third kappa shape index (κ3) is 7.12. The molecule has 0 radical (unpaired) electrons. The molecule has 25 heavy (non-hydrogen) atoms. The molecule has 146 valence electrons. The topological polar surface area (TPSA) is 108 Å². The number of Topliss-reactive ketones (excluding diaryl/α,β-unsaturated/α-hetero) is 1. The molecule has 1 amide bonds. The normalized spacial score (nSPS) is 15.6. The van der Waals surface area contributed by atoms with E-state index in [4.69, 9.17) is 15.3 Å². The second-order valence-electron chi connectivity index (χ2n) is 8.15. The first-order chi connectivity index (χ1) is 11.3. The lowest BCUT2D eigenvalue weighted by Gasteiger charge is -2.33. The maximum atomic E-state index is 13.0. The molecule has 7 heteroatoms. The van der Waals surface area contributed by atoms with E-state index in [0.717, 1.165) is 0 Å². The van der Waals surface area contributed by atoms with E-state index in [2.05, 4.69) is 5.48 Å². The minimum Gasteiger partial charge on any atom is -0.467 e. The van der Waals surface area contributed by atoms with Crippen LogP contribution in [0.5, 0.6) is 0 Å². The molecule has 0 saturated carbocycles. The Morgan fingerprint density at radius 2 is 1.60 bits per heavy atom. The van der Waals surface area contributed by atoms with E-state index in [-0.39, 0.29) is 12.3 Å². The number of esters is 1. The van der Waals surface area contributed by atoms with Crippen molar-refractivity contribution < 1.29 is 24.0 Å². The summed E-state index contributed by atoms with van der Waals surface area (Å²) < 4.78 is 4.74. The molecule has 1 unspecified atom stereocenters. The summed E-state index contributed by atoms with van der Waals surface area (Å²) in [5.41, 5.74) is 6.18. The lowest BCUT2D eigenvalue weighted by atomic mass is 9.75. The molecule has 0 aliphatic carbocycles. The molecule has 3 N–H and O–H groups in total. The molecule has 0 aliphatic heterocycles. The van der Waals surface area contributed by atoms with Gasteiger partial charge in [-0.25, -0.2) is 10.3 Å². The number of ether oxygens (including phenoxy) is 1. The van der Waals surface area contributed by atoms with Gasteiger partial charge >= 0.3 is 5.97 Å². The SMILES string of the molecule is COC(=O)[C@](N)(C(=O)C(CC(=O)NOC(C)(C)C)CC(C)C)C(C)C. The Bertz CT molecular complexity index is 482. The van der Waals surface area contributed by atoms with E-state index in [1.807, 2.05) is 13.8 Å². The number of hydrogen-bond donors (Lipinski definition) is 2. The summed E-state index contributed by atoms with van der Waals surface area (Å²) in [6, 6.07) is 0. The molecule has 0 bridgehead atoms. The summed E-state index contributed by atoms with van der Waals surface area (Å²) in [7, 11) is 1.20. The van der Waals surface area contributed by atoms with E-state index in [9.17, 15) is 14.4 Å². The average Bonchev–Trinajstić information content (AvgIpc) is 2.48. The number of methoxy groups -OCH3 is 1. The number of ketones is 1. The van der Waals surface area contributed by atoms with Crippen LogP contribution in [-0.2, 0) is 24.0 Å². The first kappa shape index (κ1) is 23.5. The Morgan fingerprint density at radius 3 is 1.96 bits per heavy atom. The van der Waals surface area contributed by atoms with Crippen molar-refractivity contribution in [3.8, 4) is 0 Å². The van der Waals surface area contributed by atoms with Crippen LogP contribution in [0.2, 0.25) is 0 Å². The molecule has 0 rings (SSSR count). The predicted octanol–water partition coefficient (Wildman–Crippen LogP) is 1.98. The lowest BCUT2D eigenvalue weighted by Crippen LogP contribution is -2.61. The van der Waals surface area contributed by atoms with E-state index >= 15 is 0 Å². The summed E-state index contributed by atoms with van der Waals surface area (Å²) in [6.07, 6.45) is 0.334. The molecule has 0 fully saturated rings. The Kier molecular flexibility index (Phi) is 8.74. The van der Waals surface area contributed by atoms with Crippen LogP contribution in [0.15, 0.2) is 0 Å². The average molecular weight is 358 g/mol. The van der Waals surface area contributed by atoms with Gasteiger partial charge in [0.15, 0.2) is 11.3 Å². The Labute approximate surface area is 150 Å². The first-order valence-electron chi connectivity index (χ1n) is 8.64. The summed E-state index contributed by atoms with van der Waals surface area (Å²) in [4.78, 5) is 42.6. The largest absolute Gasteiger partial charge is 0.467 e. The second-order valence-corrected chi connectivity index (χ2v) is 8.15. The Morgan fingerprint density at radius 1 is 1.08 bits per heavy atom. The van der Waals surface area contributed by atoms with E-state index < -0.39 is 40.6 Å². The van der Waals surface area contributed by atoms with E-state index in [1.54, 1.807) is 34.6 Å². The van der Waals surface area contributed by atoms with Crippen molar-refractivity contribution in [2.75, 3.05) is 7.11 Å². The number of carbonyl (C=O) groups excluding carboxylic acids is 3. The van der Waals surface area contributed by atoms with Crippen molar-refractivity contribution in [2.45, 2.75) is 72.4 Å². The van der Waals surface area contributed by atoms with Crippen molar-refractivity contribution in [1.29, 1.82) is 0 Å². The minimum atomic E-state index is -1.78. The molecule has 0 aliphatic rings. The van der Waals surface area contributed by atoms with Gasteiger partial charge in [-0.2, -0.15) is 0 Å². The maximum absolute atomic E-state index is 13.0. The van der Waals surface area contributed by atoms with Crippen LogP contribution in [0.4, 0.5) is 0 Å². The van der Waals surface area contributed by atoms with Crippen LogP contribution in [-0.4, -0.2) is 35.9 Å². The van der Waals surface area contributed by atoms with Crippen molar-refractivity contribution in [3.63, 3.8) is 0 Å². The van der Waals surface area contributed by atoms with Crippen LogP contribution in [0.3, 0.4) is 0 Å². The van der Waals surface area contributed by atoms with Gasteiger partial charge in [0.05, 0.1) is 12.7 Å². The van der Waals surface area contributed by atoms with Gasteiger partial charge in [0.1, 0.15) is 0 Å². The van der Waals surface area contributed by atoms with E-state index in [1.165, 1.54) is 7.11 Å². The number of hydroxylamine groups is 1. The van der Waals surface area contributed by atoms with Gasteiger partial charge in [0.25, 0.3) is 0 Å². The fraction of sp³-hybridized carbons (Fsp3) is 0.833. The Balaban J connectivity index is 5.40. The monoisotopic (exact) mass is 358 g/mol. The van der Waals surface area contributed by atoms with Crippen LogP contribution < -0.4 is 11.2 Å². The van der Waals surface area contributed by atoms with Crippen molar-refractivity contribution in [2.24, 2.45) is 23.5 Å². The van der Waals surface area contributed by atoms with Gasteiger partial charge in [0.2, 0.25) is 5.91 Å². The quantitative estimate of drug-likeness (QED) is 0.371. The van der Waals surface area contributed by atoms with Crippen molar-refractivity contribution in [1.82, 2.24) is 5.48 Å². The number of rotatable bonds is 9. The van der Waals surface area contributed by atoms with Gasteiger partial charge in [-0.05, 0) is 39.0 Å². The third-order valence-electron chi connectivity index (χ3n) is 3.87. The van der Waals surface area contributed by atoms with Crippen LogP contribution in [0, 0.1) is 17.8 Å². The number of amides is 1. The van der Waals surface area contributed by atoms with Crippen LogP contribution in [0.25, 0.3) is 0 Å². The standard InChI is InChI=1S/C18H34N2O5/c1-11(2)9-13(10-14(21)20-25-17(5,6)7)15(22)18(19,12(3)4)16(23)24-8/h11-13H,9-10,19H2,1-8H3,(H,20,21)/t13?,18-/m1/s1. The number of nitrogens with two attached hydrogens (primary N) is 1. The van der Waals surface area contributed by atoms with Gasteiger partial charge in [-0.15, -0.1) is 0 Å². The minimum absolute atomic E-state index is 0.101. The van der Waals surface area contributed by atoms with Crippen molar-refractivity contribution >= 4 is 17.7 Å². The third-order valence-corrected chi connectivity index (χ3v) is 3.87. The molecule has 7 nitrogen and oxygen atoms in total. The summed E-state index contributed by atoms with van der Waals surface area (Å²) >= 11 is 0. The summed E-state index contributed by atoms with van der Waals surface area (Å²) in [5.74, 6) is -2.70. The molecular formula is C18H34N2O5. The zero-order chi connectivity index (χ0) is 20.0. The second kappa shape index (κ2) is 9.29. The fourth-order valence-electron chi connectivity index (χ4n) is 2.46. The maximum Gasteiger partial charge on any atom is 0.333 e. The molecule has 0 saturated heterocycles. The molecule has 0 aromatic rings. The molecule has 2 atom stereocenters. The number of hydrogen-bond acceptors (Lipinski definition) is 6. The highest BCUT2D eigenvalue weighted by Crippen LogP contribution is 2.27. The highest BCUT2D eigenvalue weighted by Gasteiger charge is 2.49. The number of nitrogens with one attached hydrogen (secondary N) is 1. The van der Waals surface area contributed by atoms with E-state index in [0.29, 0.717) is 6.42 Å². The molecule has 0 spiro atoms. The van der Waals surface area contributed by atoms with Crippen molar-refractivity contribution in [3.05, 3.63) is 0 Å². The highest BCUT2D eigenvalue weighted by molar-refractivity contribution is 6.10. The fourth-order valence-corrected chi connectivity index (χ4v) is 2.46. The highest BCUT2D eigenvalue weighted by atomic mass is 16.7. The first-order valence-corrected chi connectivity index (χ1v) is 8.64. The zero-order valence-electron chi connectivity index (χ0n) is 16.8. The van der Waals surface area contributed by atoms with Crippen LogP contribution in [0.1, 0.15) is 61.3 Å². The molecule has 0 aromatic carbocycles. The lowest BCUT2D eigenvalue weighted by molar-refractivity contribution is -0.157. The zero-order valence-corrected chi connectivity index (χ0v) is 16.8.